The van der Waals surface area contributed by atoms with Crippen LogP contribution in [0.25, 0.3) is 0 Å². The van der Waals surface area contributed by atoms with Crippen molar-refractivity contribution in [2.24, 2.45) is 11.3 Å². The van der Waals surface area contributed by atoms with Crippen LogP contribution in [0.2, 0.25) is 0 Å². The van der Waals surface area contributed by atoms with E-state index in [-0.39, 0.29) is 29.6 Å². The van der Waals surface area contributed by atoms with E-state index in [1.54, 1.807) is 13.8 Å². The molecule has 0 spiro atoms. The van der Waals surface area contributed by atoms with Crippen molar-refractivity contribution < 1.29 is 34.4 Å². The zero-order valence-corrected chi connectivity index (χ0v) is 16.8. The molecule has 7 nitrogen and oxygen atoms in total. The van der Waals surface area contributed by atoms with Gasteiger partial charge in [-0.15, -0.1) is 6.58 Å². The highest BCUT2D eigenvalue weighted by Gasteiger charge is 2.61. The molecule has 0 unspecified atom stereocenters. The second kappa shape index (κ2) is 6.78. The maximum atomic E-state index is 13.1. The molecule has 3 rings (SSSR count). The van der Waals surface area contributed by atoms with Crippen molar-refractivity contribution in [2.75, 3.05) is 0 Å². The monoisotopic (exact) mass is 402 g/mol. The normalized spacial score (nSPS) is 37.3. The minimum absolute atomic E-state index is 0.00152. The van der Waals surface area contributed by atoms with Gasteiger partial charge in [-0.3, -0.25) is 14.4 Å². The van der Waals surface area contributed by atoms with Crippen LogP contribution in [0.15, 0.2) is 47.3 Å². The van der Waals surface area contributed by atoms with Crippen LogP contribution in [0, 0.1) is 11.3 Å². The van der Waals surface area contributed by atoms with Gasteiger partial charge in [-0.05, 0) is 31.8 Å². The lowest BCUT2D eigenvalue weighted by Crippen LogP contribution is -2.59. The molecule has 5 atom stereocenters. The second-order valence-electron chi connectivity index (χ2n) is 8.45. The van der Waals surface area contributed by atoms with Gasteiger partial charge in [0.25, 0.3) is 0 Å². The Morgan fingerprint density at radius 2 is 1.86 bits per heavy atom. The van der Waals surface area contributed by atoms with E-state index in [0.717, 1.165) is 0 Å². The van der Waals surface area contributed by atoms with Crippen LogP contribution in [0.1, 0.15) is 40.0 Å². The number of allylic oxidation sites excluding steroid dienone is 3. The maximum Gasteiger partial charge on any atom is 0.303 e. The predicted octanol–water partition coefficient (Wildman–Crippen LogP) is 1.85. The molecule has 0 aliphatic heterocycles. The molecule has 156 valence electrons. The van der Waals surface area contributed by atoms with E-state index in [2.05, 4.69) is 13.2 Å². The van der Waals surface area contributed by atoms with Crippen molar-refractivity contribution in [3.8, 4) is 0 Å². The number of carbonyl (C=O) groups excluding carboxylic acids is 3. The number of aliphatic hydroxyl groups is 3. The summed E-state index contributed by atoms with van der Waals surface area (Å²) in [6.07, 6.45) is -1.07. The number of aliphatic hydroxyl groups excluding tert-OH is 3. The summed E-state index contributed by atoms with van der Waals surface area (Å²) >= 11 is 0. The molecule has 0 amide bonds. The first-order valence-corrected chi connectivity index (χ1v) is 9.52. The summed E-state index contributed by atoms with van der Waals surface area (Å²) < 4.78 is 5.45. The van der Waals surface area contributed by atoms with E-state index in [0.29, 0.717) is 12.0 Å². The van der Waals surface area contributed by atoms with E-state index in [4.69, 9.17) is 4.74 Å². The quantitative estimate of drug-likeness (QED) is 0.285. The molecular weight excluding hydrogens is 376 g/mol. The zero-order chi connectivity index (χ0) is 21.9. The van der Waals surface area contributed by atoms with E-state index < -0.39 is 52.4 Å². The van der Waals surface area contributed by atoms with Crippen molar-refractivity contribution in [1.29, 1.82) is 0 Å². The van der Waals surface area contributed by atoms with Crippen LogP contribution in [-0.4, -0.2) is 50.7 Å². The Bertz CT molecular complexity index is 908. The van der Waals surface area contributed by atoms with E-state index in [1.807, 2.05) is 0 Å². The van der Waals surface area contributed by atoms with Crippen LogP contribution in [0.3, 0.4) is 0 Å². The Morgan fingerprint density at radius 1 is 1.24 bits per heavy atom. The summed E-state index contributed by atoms with van der Waals surface area (Å²) in [7, 11) is 0. The van der Waals surface area contributed by atoms with Gasteiger partial charge in [-0.25, -0.2) is 0 Å². The summed E-state index contributed by atoms with van der Waals surface area (Å²) in [6, 6.07) is 0. The third-order valence-corrected chi connectivity index (χ3v) is 6.63. The van der Waals surface area contributed by atoms with Crippen molar-refractivity contribution >= 4 is 17.5 Å². The van der Waals surface area contributed by atoms with Gasteiger partial charge in [0.2, 0.25) is 11.6 Å². The Hall–Kier alpha value is -2.51. The fourth-order valence-electron chi connectivity index (χ4n) is 5.13. The fraction of sp³-hybridized carbons (Fsp3) is 0.500. The number of Topliss-reactive ketones (excluding diaryl/α,β-unsaturated/α-hetero) is 2. The minimum Gasteiger partial charge on any atom is -0.507 e. The first kappa shape index (κ1) is 21.2. The lowest BCUT2D eigenvalue weighted by Gasteiger charge is -2.56. The van der Waals surface area contributed by atoms with Crippen LogP contribution >= 0.6 is 0 Å². The van der Waals surface area contributed by atoms with Crippen molar-refractivity contribution in [2.45, 2.75) is 57.8 Å². The summed E-state index contributed by atoms with van der Waals surface area (Å²) in [5.74, 6) is -3.49. The molecule has 1 saturated carbocycles. The number of fused-ring (bicyclic) bond motifs is 2. The smallest absolute Gasteiger partial charge is 0.303 e. The van der Waals surface area contributed by atoms with Gasteiger partial charge in [-0.1, -0.05) is 19.6 Å². The fourth-order valence-corrected chi connectivity index (χ4v) is 5.13. The van der Waals surface area contributed by atoms with Gasteiger partial charge in [0.1, 0.15) is 17.5 Å². The summed E-state index contributed by atoms with van der Waals surface area (Å²) in [5, 5.41) is 32.5. The van der Waals surface area contributed by atoms with Crippen LogP contribution < -0.4 is 0 Å². The highest BCUT2D eigenvalue weighted by atomic mass is 16.6. The second-order valence-corrected chi connectivity index (χ2v) is 8.45. The van der Waals surface area contributed by atoms with E-state index >= 15 is 0 Å². The van der Waals surface area contributed by atoms with Gasteiger partial charge < -0.3 is 20.1 Å². The maximum absolute atomic E-state index is 13.1. The predicted molar refractivity (Wildman–Crippen MR) is 104 cm³/mol. The van der Waals surface area contributed by atoms with E-state index in [1.165, 1.54) is 13.0 Å². The molecule has 0 aromatic carbocycles. The van der Waals surface area contributed by atoms with Crippen molar-refractivity contribution in [3.63, 3.8) is 0 Å². The summed E-state index contributed by atoms with van der Waals surface area (Å²) in [6.45, 7) is 12.2. The summed E-state index contributed by atoms with van der Waals surface area (Å²) in [5.41, 5.74) is -2.03. The van der Waals surface area contributed by atoms with Crippen LogP contribution in [-0.2, 0) is 19.1 Å². The van der Waals surface area contributed by atoms with Gasteiger partial charge in [0.05, 0.1) is 6.10 Å². The molecule has 0 saturated heterocycles. The molecule has 1 fully saturated rings. The number of hydrogen-bond acceptors (Lipinski definition) is 7. The molecule has 0 radical (unpaired) electrons. The number of carbonyl (C=O) groups is 3. The number of ketones is 2. The molecule has 0 bridgehead atoms. The van der Waals surface area contributed by atoms with Crippen molar-refractivity contribution in [3.05, 3.63) is 47.3 Å². The average Bonchev–Trinajstić information content (AvgIpc) is 2.63. The van der Waals surface area contributed by atoms with E-state index in [9.17, 15) is 29.7 Å². The number of hydrogen-bond donors (Lipinski definition) is 3. The van der Waals surface area contributed by atoms with Gasteiger partial charge in [0, 0.05) is 35.0 Å². The zero-order valence-electron chi connectivity index (χ0n) is 16.8. The number of ether oxygens (including phenoxy) is 1. The van der Waals surface area contributed by atoms with Gasteiger partial charge in [-0.2, -0.15) is 0 Å². The third kappa shape index (κ3) is 2.83. The lowest BCUT2D eigenvalue weighted by molar-refractivity contribution is -0.159. The molecule has 29 heavy (non-hydrogen) atoms. The van der Waals surface area contributed by atoms with Crippen LogP contribution in [0.5, 0.6) is 0 Å². The van der Waals surface area contributed by atoms with Crippen LogP contribution in [0.4, 0.5) is 0 Å². The SMILES string of the molecule is C=CCC1=C(O)C2=C(C(=O)C1=O)[C@@]1(C)CC[C@](C)(OC(C)=O)C(=C)[C@@H]1[C@H](O)[C@H]2O. The molecule has 3 aliphatic rings. The Morgan fingerprint density at radius 3 is 2.41 bits per heavy atom. The average molecular weight is 402 g/mol. The van der Waals surface area contributed by atoms with Gasteiger partial charge in [0.15, 0.2) is 0 Å². The standard InChI is InChI=1S/C22H26O7/c1-6-7-12-16(24)13-15(20(28)17(12)25)21(4)8-9-22(5,29-11(3)23)10(2)14(21)19(27)18(13)26/h6,14,18-19,24,26-27H,1-2,7-9H2,3-5H3/t14-,18+,19+,21+,22+/m1/s1. The van der Waals surface area contributed by atoms with Crippen molar-refractivity contribution in [1.82, 2.24) is 0 Å². The first-order chi connectivity index (χ1) is 13.4. The first-order valence-electron chi connectivity index (χ1n) is 9.52. The summed E-state index contributed by atoms with van der Waals surface area (Å²) in [4.78, 5) is 37.3. The largest absolute Gasteiger partial charge is 0.507 e. The number of rotatable bonds is 3. The number of esters is 1. The molecule has 3 N–H and O–H groups in total. The molecule has 0 aromatic heterocycles. The highest BCUT2D eigenvalue weighted by molar-refractivity contribution is 6.50. The topological polar surface area (TPSA) is 121 Å². The Balaban J connectivity index is 2.22. The Kier molecular flexibility index (Phi) is 4.96. The molecule has 7 heteroatoms. The minimum atomic E-state index is -1.60. The molecule has 0 heterocycles. The lowest BCUT2D eigenvalue weighted by atomic mass is 9.50. The Labute approximate surface area is 169 Å². The molecule has 0 aromatic rings. The van der Waals surface area contributed by atoms with Gasteiger partial charge >= 0.3 is 5.97 Å². The third-order valence-electron chi connectivity index (χ3n) is 6.63. The molecular formula is C22H26O7. The highest BCUT2D eigenvalue weighted by Crippen LogP contribution is 2.59. The molecule has 3 aliphatic carbocycles.